The molecule has 1 aliphatic heterocycles. The van der Waals surface area contributed by atoms with E-state index < -0.39 is 52.5 Å². The first-order chi connectivity index (χ1) is 21.2. The number of hydrogen-bond donors (Lipinski definition) is 5. The molecule has 0 saturated carbocycles. The van der Waals surface area contributed by atoms with Crippen LogP contribution in [0.5, 0.6) is 5.75 Å². The number of nitrogens with two attached hydrogens (primary N) is 1. The Morgan fingerprint density at radius 2 is 1.78 bits per heavy atom. The summed E-state index contributed by atoms with van der Waals surface area (Å²) < 4.78 is 15.5. The summed E-state index contributed by atoms with van der Waals surface area (Å²) in [4.78, 5) is 30.6. The van der Waals surface area contributed by atoms with E-state index in [2.05, 4.69) is 11.8 Å². The number of hydrogen-bond acceptors (Lipinski definition) is 8. The standard InChI is InChI=1S/C35H42FN3O6/c1-17-9-11-39(12-10-17)16-18-5-7-24(36)21(13-18)20-6-8-25(40)27-22(20)14-19-15-23-28(32(42)26(19)31(27)41)35(2,45)29(34(37)44)33(43)30(23)38(3)4/h5-8,13,17,19,23,28,30,40,42-43,45H,9-12,14-16H2,1-4H3,(H2,37,44)/t19?,23?,28?,30-,35?/m0/s1. The SMILES string of the molecule is CC1CCN(Cc2ccc(F)c(-c3ccc(O)c4c3CC3CC5C(C(O)=C3C4=O)C(C)(O)C(C(N)=O)=C(O)[C@H]5N(C)C)c2)CC1. The van der Waals surface area contributed by atoms with E-state index in [0.717, 1.165) is 31.5 Å². The summed E-state index contributed by atoms with van der Waals surface area (Å²) in [5.74, 6) is -4.66. The Kier molecular flexibility index (Phi) is 7.82. The molecule has 0 spiro atoms. The molecule has 10 heteroatoms. The zero-order valence-corrected chi connectivity index (χ0v) is 26.2. The maximum Gasteiger partial charge on any atom is 0.251 e. The van der Waals surface area contributed by atoms with Crippen molar-refractivity contribution < 1.29 is 34.4 Å². The number of amides is 1. The Morgan fingerprint density at radius 1 is 1.09 bits per heavy atom. The fourth-order valence-electron chi connectivity index (χ4n) is 8.50. The fourth-order valence-corrected chi connectivity index (χ4v) is 8.50. The zero-order chi connectivity index (χ0) is 32.5. The van der Waals surface area contributed by atoms with E-state index in [1.54, 1.807) is 31.1 Å². The van der Waals surface area contributed by atoms with E-state index in [9.17, 15) is 30.0 Å². The molecule has 4 unspecified atom stereocenters. The maximum atomic E-state index is 15.5. The second-order valence-electron chi connectivity index (χ2n) is 13.8. The smallest absolute Gasteiger partial charge is 0.251 e. The van der Waals surface area contributed by atoms with Crippen molar-refractivity contribution in [1.82, 2.24) is 9.80 Å². The molecule has 1 heterocycles. The molecule has 1 fully saturated rings. The van der Waals surface area contributed by atoms with Gasteiger partial charge in [0.1, 0.15) is 28.7 Å². The topological polar surface area (TPSA) is 148 Å². The highest BCUT2D eigenvalue weighted by Gasteiger charge is 2.59. The lowest BCUT2D eigenvalue weighted by Crippen LogP contribution is -2.59. The van der Waals surface area contributed by atoms with E-state index in [-0.39, 0.29) is 41.2 Å². The fraction of sp³-hybridized carbons (Fsp3) is 0.486. The van der Waals surface area contributed by atoms with Gasteiger partial charge in [-0.05, 0) is 112 Å². The summed E-state index contributed by atoms with van der Waals surface area (Å²) in [6.07, 6.45) is 2.73. The molecule has 3 aliphatic carbocycles. The van der Waals surface area contributed by atoms with Gasteiger partial charge in [-0.1, -0.05) is 19.1 Å². The van der Waals surface area contributed by atoms with E-state index >= 15 is 4.39 Å². The Morgan fingerprint density at radius 3 is 2.42 bits per heavy atom. The number of nitrogens with zero attached hydrogens (tertiary/aromatic N) is 2. The number of phenolic OH excluding ortho intramolecular Hbond substituents is 1. The third kappa shape index (κ3) is 5.03. The molecule has 9 nitrogen and oxygen atoms in total. The number of aliphatic hydroxyl groups excluding tert-OH is 2. The Balaban J connectivity index is 1.44. The summed E-state index contributed by atoms with van der Waals surface area (Å²) in [6.45, 7) is 6.20. The average Bonchev–Trinajstić information content (AvgIpc) is 2.94. The highest BCUT2D eigenvalue weighted by atomic mass is 19.1. The van der Waals surface area contributed by atoms with Gasteiger partial charge in [0, 0.05) is 17.7 Å². The molecule has 1 amide bonds. The van der Waals surface area contributed by atoms with Crippen LogP contribution >= 0.6 is 0 Å². The quantitative estimate of drug-likeness (QED) is 0.334. The Hall–Kier alpha value is -3.73. The number of primary amides is 1. The first-order valence-corrected chi connectivity index (χ1v) is 15.7. The minimum atomic E-state index is -2.06. The lowest BCUT2D eigenvalue weighted by molar-refractivity contribution is -0.120. The Bertz CT molecular complexity index is 1640. The van der Waals surface area contributed by atoms with Crippen molar-refractivity contribution in [1.29, 1.82) is 0 Å². The van der Waals surface area contributed by atoms with Crippen molar-refractivity contribution in [2.24, 2.45) is 29.4 Å². The number of allylic oxidation sites excluding steroid dienone is 1. The van der Waals surface area contributed by atoms with E-state index in [4.69, 9.17) is 5.73 Å². The summed E-state index contributed by atoms with van der Waals surface area (Å²) in [7, 11) is 3.43. The predicted octanol–water partition coefficient (Wildman–Crippen LogP) is 4.23. The van der Waals surface area contributed by atoms with Crippen LogP contribution in [-0.4, -0.2) is 80.7 Å². The first-order valence-electron chi connectivity index (χ1n) is 15.7. The van der Waals surface area contributed by atoms with E-state index in [0.29, 0.717) is 29.2 Å². The zero-order valence-electron chi connectivity index (χ0n) is 26.2. The number of carbonyl (C=O) groups excluding carboxylic acids is 2. The second kappa shape index (κ2) is 11.3. The van der Waals surface area contributed by atoms with Gasteiger partial charge in [-0.15, -0.1) is 0 Å². The number of rotatable bonds is 5. The van der Waals surface area contributed by atoms with Gasteiger partial charge in [-0.25, -0.2) is 4.39 Å². The number of benzene rings is 2. The summed E-state index contributed by atoms with van der Waals surface area (Å²) in [6, 6.07) is 7.28. The van der Waals surface area contributed by atoms with Crippen molar-refractivity contribution in [3.8, 4) is 16.9 Å². The van der Waals surface area contributed by atoms with E-state index in [1.165, 1.54) is 19.1 Å². The van der Waals surface area contributed by atoms with Crippen molar-refractivity contribution in [2.45, 2.75) is 57.7 Å². The molecule has 6 N–H and O–H groups in total. The van der Waals surface area contributed by atoms with Crippen molar-refractivity contribution in [2.75, 3.05) is 27.2 Å². The van der Waals surface area contributed by atoms with Crippen molar-refractivity contribution in [3.63, 3.8) is 0 Å². The van der Waals surface area contributed by atoms with Gasteiger partial charge in [-0.3, -0.25) is 19.4 Å². The maximum absolute atomic E-state index is 15.5. The molecule has 2 aromatic rings. The number of carbonyl (C=O) groups is 2. The van der Waals surface area contributed by atoms with E-state index in [1.807, 2.05) is 6.07 Å². The number of Topliss-reactive ketones (excluding diaryl/α,β-unsaturated/α-hetero) is 1. The number of halogens is 1. The van der Waals surface area contributed by atoms with Gasteiger partial charge in [0.15, 0.2) is 5.78 Å². The van der Waals surface area contributed by atoms with Gasteiger partial charge in [0.2, 0.25) is 0 Å². The normalized spacial score (nSPS) is 29.1. The predicted molar refractivity (Wildman–Crippen MR) is 167 cm³/mol. The van der Waals surface area contributed by atoms with Gasteiger partial charge in [0.25, 0.3) is 5.91 Å². The monoisotopic (exact) mass is 619 g/mol. The molecule has 2 aromatic carbocycles. The number of phenols is 1. The number of aromatic hydroxyl groups is 1. The Labute approximate surface area is 262 Å². The number of piperidine rings is 1. The number of ketones is 1. The number of aliphatic hydroxyl groups is 3. The highest BCUT2D eigenvalue weighted by Crippen LogP contribution is 2.55. The minimum Gasteiger partial charge on any atom is -0.511 e. The molecule has 45 heavy (non-hydrogen) atoms. The van der Waals surface area contributed by atoms with Crippen LogP contribution in [0.1, 0.15) is 54.6 Å². The minimum absolute atomic E-state index is 0.00769. The van der Waals surface area contributed by atoms with Gasteiger partial charge in [0.05, 0.1) is 23.1 Å². The molecule has 0 radical (unpaired) electrons. The van der Waals surface area contributed by atoms with Crippen molar-refractivity contribution >= 4 is 11.7 Å². The molecule has 5 atom stereocenters. The lowest BCUT2D eigenvalue weighted by atomic mass is 9.56. The second-order valence-corrected chi connectivity index (χ2v) is 13.8. The molecular weight excluding hydrogens is 577 g/mol. The molecule has 0 bridgehead atoms. The van der Waals surface area contributed by atoms with Crippen LogP contribution in [-0.2, 0) is 17.8 Å². The van der Waals surface area contributed by atoms with Crippen LogP contribution in [0.2, 0.25) is 0 Å². The van der Waals surface area contributed by atoms with Crippen LogP contribution in [0.4, 0.5) is 4.39 Å². The van der Waals surface area contributed by atoms with Gasteiger partial charge in [-0.2, -0.15) is 0 Å². The molecular formula is C35H42FN3O6. The third-order valence-electron chi connectivity index (χ3n) is 10.6. The summed E-state index contributed by atoms with van der Waals surface area (Å²) in [5, 5.41) is 45.5. The first kappa shape index (κ1) is 31.3. The number of likely N-dealkylation sites (N-methyl/N-ethyl adjacent to an activating group) is 1. The van der Waals surface area contributed by atoms with Crippen molar-refractivity contribution in [3.05, 3.63) is 75.5 Å². The lowest BCUT2D eigenvalue weighted by Gasteiger charge is -2.52. The molecule has 240 valence electrons. The van der Waals surface area contributed by atoms with Gasteiger partial charge < -0.3 is 26.2 Å². The molecule has 6 rings (SSSR count). The van der Waals surface area contributed by atoms with Crippen LogP contribution < -0.4 is 5.73 Å². The molecule has 0 aromatic heterocycles. The van der Waals surface area contributed by atoms with Crippen LogP contribution in [0, 0.1) is 29.5 Å². The largest absolute Gasteiger partial charge is 0.511 e. The summed E-state index contributed by atoms with van der Waals surface area (Å²) >= 11 is 0. The average molecular weight is 620 g/mol. The third-order valence-corrected chi connectivity index (χ3v) is 10.6. The van der Waals surface area contributed by atoms with Gasteiger partial charge >= 0.3 is 0 Å². The molecule has 1 saturated heterocycles. The number of likely N-dealkylation sites (tertiary alicyclic amines) is 1. The molecule has 4 aliphatic rings. The summed E-state index contributed by atoms with van der Waals surface area (Å²) in [5.41, 5.74) is 5.45. The van der Waals surface area contributed by atoms with Crippen LogP contribution in [0.25, 0.3) is 11.1 Å². The number of fused-ring (bicyclic) bond motifs is 3. The van der Waals surface area contributed by atoms with Crippen LogP contribution in [0.15, 0.2) is 53.0 Å². The van der Waals surface area contributed by atoms with Crippen LogP contribution in [0.3, 0.4) is 0 Å². The highest BCUT2D eigenvalue weighted by molar-refractivity contribution is 6.14.